The van der Waals surface area contributed by atoms with Crippen LogP contribution in [0.25, 0.3) is 0 Å². The smallest absolute Gasteiger partial charge is 0.338 e. The van der Waals surface area contributed by atoms with Crippen molar-refractivity contribution in [2.24, 2.45) is 0 Å². The second-order valence-electron chi connectivity index (χ2n) is 20.7. The van der Waals surface area contributed by atoms with Gasteiger partial charge < -0.3 is 48.4 Å². The predicted octanol–water partition coefficient (Wildman–Crippen LogP) is 9.55. The molecular formula is C64H60N2O18. The Morgan fingerprint density at radius 1 is 0.417 bits per heavy atom. The van der Waals surface area contributed by atoms with E-state index in [2.05, 4.69) is 0 Å². The summed E-state index contributed by atoms with van der Waals surface area (Å²) in [6.07, 6.45) is 1.09. The molecule has 6 aromatic rings. The molecule has 0 fully saturated rings. The molecule has 2 atom stereocenters. The summed E-state index contributed by atoms with van der Waals surface area (Å²) in [5.74, 6) is -6.89. The van der Waals surface area contributed by atoms with Gasteiger partial charge in [0.25, 0.3) is 11.8 Å². The van der Waals surface area contributed by atoms with Gasteiger partial charge in [-0.05, 0) is 146 Å². The number of hydrogen-bond donors (Lipinski definition) is 2. The van der Waals surface area contributed by atoms with Crippen molar-refractivity contribution < 1.29 is 86.6 Å². The minimum absolute atomic E-state index is 0.0282. The molecule has 0 aromatic heterocycles. The quantitative estimate of drug-likeness (QED) is 0.0307. The van der Waals surface area contributed by atoms with Gasteiger partial charge in [-0.25, -0.2) is 38.4 Å². The van der Waals surface area contributed by atoms with Crippen molar-refractivity contribution in [2.75, 3.05) is 26.4 Å². The predicted molar refractivity (Wildman–Crippen MR) is 298 cm³/mol. The molecule has 2 unspecified atom stereocenters. The molecule has 2 N–H and O–H groups in total. The van der Waals surface area contributed by atoms with Gasteiger partial charge in [0.2, 0.25) is 0 Å². The Labute approximate surface area is 482 Å². The fraction of sp³-hybridized carbons (Fsp3) is 0.281. The number of fused-ring (bicyclic) bond motifs is 2. The highest BCUT2D eigenvalue weighted by atomic mass is 16.6. The number of benzene rings is 6. The molecule has 20 heteroatoms. The lowest BCUT2D eigenvalue weighted by Crippen LogP contribution is -2.33. The number of carbonyl (C=O) groups is 10. The van der Waals surface area contributed by atoms with Crippen LogP contribution < -0.4 is 0 Å². The van der Waals surface area contributed by atoms with Gasteiger partial charge in [0.15, 0.2) is 0 Å². The highest BCUT2D eigenvalue weighted by Crippen LogP contribution is 2.30. The van der Waals surface area contributed by atoms with Crippen LogP contribution in [0.5, 0.6) is 0 Å². The van der Waals surface area contributed by atoms with E-state index < -0.39 is 59.0 Å². The summed E-state index contributed by atoms with van der Waals surface area (Å²) in [5, 5.41) is 18.4. The van der Waals surface area contributed by atoms with E-state index in [1.165, 1.54) is 91.0 Å². The van der Waals surface area contributed by atoms with Crippen LogP contribution in [0.4, 0.5) is 0 Å². The summed E-state index contributed by atoms with van der Waals surface area (Å²) in [7, 11) is 0. The number of carboxylic acids is 2. The monoisotopic (exact) mass is 1140 g/mol. The molecule has 6 aromatic carbocycles. The third-order valence-electron chi connectivity index (χ3n) is 14.7. The third-order valence-corrected chi connectivity index (χ3v) is 14.7. The van der Waals surface area contributed by atoms with Crippen molar-refractivity contribution >= 4 is 59.6 Å². The fourth-order valence-corrected chi connectivity index (χ4v) is 9.23. The van der Waals surface area contributed by atoms with Crippen LogP contribution in [0.3, 0.4) is 0 Å². The number of carbonyl (C=O) groups excluding carboxylic acids is 8. The zero-order chi connectivity index (χ0) is 60.3. The lowest BCUT2D eigenvalue weighted by atomic mass is 9.99. The van der Waals surface area contributed by atoms with Gasteiger partial charge in [-0.2, -0.15) is 0 Å². The topological polar surface area (TPSA) is 273 Å². The second-order valence-corrected chi connectivity index (χ2v) is 20.7. The molecule has 0 spiro atoms. The molecule has 434 valence electrons. The van der Waals surface area contributed by atoms with Crippen LogP contribution in [-0.2, 0) is 54.6 Å². The van der Waals surface area contributed by atoms with E-state index in [1.54, 1.807) is 48.8 Å². The van der Waals surface area contributed by atoms with E-state index in [0.717, 1.165) is 22.3 Å². The summed E-state index contributed by atoms with van der Waals surface area (Å²) >= 11 is 0. The summed E-state index contributed by atoms with van der Waals surface area (Å²) in [4.78, 5) is 130. The van der Waals surface area contributed by atoms with Crippen molar-refractivity contribution in [3.8, 4) is 0 Å². The number of aromatic carboxylic acids is 2. The Hall–Kier alpha value is -9.98. The van der Waals surface area contributed by atoms with Crippen molar-refractivity contribution in [2.45, 2.75) is 90.8 Å². The zero-order valence-electron chi connectivity index (χ0n) is 46.5. The first-order valence-electron chi connectivity index (χ1n) is 27.0. The molecule has 2 heterocycles. The van der Waals surface area contributed by atoms with Crippen molar-refractivity contribution in [1.82, 2.24) is 9.80 Å². The van der Waals surface area contributed by atoms with E-state index >= 15 is 0 Å². The van der Waals surface area contributed by atoms with Gasteiger partial charge in [0, 0.05) is 50.1 Å². The van der Waals surface area contributed by atoms with E-state index in [0.29, 0.717) is 43.6 Å². The fourth-order valence-electron chi connectivity index (χ4n) is 9.23. The first-order valence-corrected chi connectivity index (χ1v) is 27.0. The molecule has 84 heavy (non-hydrogen) atoms. The molecule has 2 amide bonds. The normalized spacial score (nSPS) is 13.8. The van der Waals surface area contributed by atoms with Crippen molar-refractivity contribution in [3.63, 3.8) is 0 Å². The first kappa shape index (κ1) is 60.1. The van der Waals surface area contributed by atoms with Gasteiger partial charge in [-0.1, -0.05) is 50.2 Å². The summed E-state index contributed by atoms with van der Waals surface area (Å²) in [5.41, 5.74) is 2.81. The highest BCUT2D eigenvalue weighted by Gasteiger charge is 2.33. The van der Waals surface area contributed by atoms with E-state index in [4.69, 9.17) is 33.5 Å². The van der Waals surface area contributed by atoms with Crippen LogP contribution in [0, 0.1) is 0 Å². The van der Waals surface area contributed by atoms with Gasteiger partial charge in [0.05, 0.1) is 57.7 Å². The number of amides is 2. The summed E-state index contributed by atoms with van der Waals surface area (Å²) < 4.78 is 33.1. The Balaban J connectivity index is 0.726. The maximum absolute atomic E-state index is 13.6. The standard InChI is InChI=1S/C64H60N2O18/c1-5-63(3,26-28-79-57(73)42-12-10-41(11-13-42)55(69)70)83-61(77)45-18-14-43(15-19-45)58(74)80-29-27-64(4,6-2)84-62(78)46-20-16-44(17-21-46)59(75)81-30-31-82-60(76)48-23-25-50-38-66(54(68)52(50)34-48)36-40-9-7-8-39(32-40)35-65-37-49-24-22-47(56(71)72)33-51(49)53(65)67/h7-25,32-34H,5-6,26-31,35-38H2,1-4H3,(H,69,70)(H,71,72). The number of carboxylic acid groups (broad SMARTS) is 2. The average Bonchev–Trinajstić information content (AvgIpc) is 3.80. The van der Waals surface area contributed by atoms with Crippen LogP contribution in [-0.4, -0.2) is 117 Å². The Kier molecular flexibility index (Phi) is 18.8. The molecule has 8 rings (SSSR count). The molecule has 0 saturated heterocycles. The number of hydrogen-bond acceptors (Lipinski definition) is 16. The van der Waals surface area contributed by atoms with Gasteiger partial charge >= 0.3 is 47.8 Å². The van der Waals surface area contributed by atoms with E-state index in [-0.39, 0.29) is 102 Å². The number of rotatable bonds is 25. The maximum atomic E-state index is 13.6. The third kappa shape index (κ3) is 14.7. The van der Waals surface area contributed by atoms with Crippen LogP contribution in [0.2, 0.25) is 0 Å². The van der Waals surface area contributed by atoms with Crippen molar-refractivity contribution in [1.29, 1.82) is 0 Å². The number of esters is 6. The van der Waals surface area contributed by atoms with Crippen molar-refractivity contribution in [3.05, 3.63) is 211 Å². The van der Waals surface area contributed by atoms with Gasteiger partial charge in [-0.3, -0.25) is 9.59 Å². The number of nitrogens with zero attached hydrogens (tertiary/aromatic N) is 2. The van der Waals surface area contributed by atoms with Crippen LogP contribution in [0.1, 0.15) is 179 Å². The molecular weight excluding hydrogens is 1080 g/mol. The van der Waals surface area contributed by atoms with Crippen LogP contribution in [0.15, 0.2) is 133 Å². The van der Waals surface area contributed by atoms with Crippen LogP contribution >= 0.6 is 0 Å². The average molecular weight is 1150 g/mol. The van der Waals surface area contributed by atoms with Gasteiger partial charge in [0.1, 0.15) is 24.4 Å². The molecule has 0 aliphatic carbocycles. The molecule has 2 aliphatic heterocycles. The Morgan fingerprint density at radius 2 is 0.738 bits per heavy atom. The summed E-state index contributed by atoms with van der Waals surface area (Å²) in [6, 6.07) is 33.3. The molecule has 0 saturated carbocycles. The number of ether oxygens (including phenoxy) is 6. The maximum Gasteiger partial charge on any atom is 0.338 e. The lowest BCUT2D eigenvalue weighted by Gasteiger charge is -2.28. The van der Waals surface area contributed by atoms with E-state index in [1.807, 2.05) is 31.2 Å². The lowest BCUT2D eigenvalue weighted by molar-refractivity contribution is -0.0266. The van der Waals surface area contributed by atoms with Gasteiger partial charge in [-0.15, -0.1) is 0 Å². The molecule has 20 nitrogen and oxygen atoms in total. The Morgan fingerprint density at radius 3 is 1.12 bits per heavy atom. The molecule has 2 aliphatic rings. The molecule has 0 radical (unpaired) electrons. The summed E-state index contributed by atoms with van der Waals surface area (Å²) in [6.45, 7) is 7.49. The SMILES string of the molecule is CCC(C)(CCOC(=O)c1ccc(C(=O)OC(C)(CC)CCOC(=O)c2ccc(C(=O)O)cc2)cc1)OC(=O)c1ccc(C(=O)OCCOC(=O)c2ccc3c(c2)C(=O)N(Cc2cccc(CN4Cc5ccc(C(=O)O)cc5C4=O)c2)C3)cc1. The highest BCUT2D eigenvalue weighted by molar-refractivity contribution is 6.02. The first-order chi connectivity index (χ1) is 40.1. The van der Waals surface area contributed by atoms with E-state index in [9.17, 15) is 53.1 Å². The second kappa shape index (κ2) is 26.3. The molecule has 0 bridgehead atoms. The zero-order valence-corrected chi connectivity index (χ0v) is 46.5. The minimum Gasteiger partial charge on any atom is -0.478 e. The minimum atomic E-state index is -1.12. The largest absolute Gasteiger partial charge is 0.478 e. The Bertz CT molecular complexity index is 3540.